The highest BCUT2D eigenvalue weighted by Crippen LogP contribution is 2.26. The number of nitrogens with one attached hydrogen (secondary N) is 1. The van der Waals surface area contributed by atoms with Crippen molar-refractivity contribution in [3.8, 4) is 11.3 Å². The molecular weight excluding hydrogens is 248 g/mol. The van der Waals surface area contributed by atoms with Gasteiger partial charge in [-0.2, -0.15) is 0 Å². The van der Waals surface area contributed by atoms with Crippen LogP contribution in [0.15, 0.2) is 42.7 Å². The standard InChI is InChI=1S/C16H18N4/c1-11(17)6-7-16-18-9-8-15(20-16)13-10-19-14-5-3-2-4-12(13)14/h2-5,8-11,19H,6-7,17H2,1H3. The van der Waals surface area contributed by atoms with Crippen LogP contribution in [0.25, 0.3) is 22.2 Å². The molecular formula is C16H18N4. The molecule has 1 unspecified atom stereocenters. The van der Waals surface area contributed by atoms with E-state index in [4.69, 9.17) is 5.73 Å². The maximum Gasteiger partial charge on any atom is 0.129 e. The second kappa shape index (κ2) is 5.43. The van der Waals surface area contributed by atoms with Crippen LogP contribution in [0, 0.1) is 0 Å². The number of aryl methyl sites for hydroxylation is 1. The van der Waals surface area contributed by atoms with Crippen LogP contribution in [-0.2, 0) is 6.42 Å². The van der Waals surface area contributed by atoms with Gasteiger partial charge in [-0.25, -0.2) is 9.97 Å². The fourth-order valence-electron chi connectivity index (χ4n) is 2.31. The number of nitrogens with zero attached hydrogens (tertiary/aromatic N) is 2. The molecule has 2 heterocycles. The Bertz CT molecular complexity index is 715. The van der Waals surface area contributed by atoms with Crippen molar-refractivity contribution < 1.29 is 0 Å². The molecule has 0 saturated heterocycles. The summed E-state index contributed by atoms with van der Waals surface area (Å²) in [6, 6.07) is 10.4. The van der Waals surface area contributed by atoms with E-state index in [9.17, 15) is 0 Å². The van der Waals surface area contributed by atoms with Gasteiger partial charge >= 0.3 is 0 Å². The van der Waals surface area contributed by atoms with Gasteiger partial charge in [0.1, 0.15) is 5.82 Å². The number of aromatic amines is 1. The lowest BCUT2D eigenvalue weighted by molar-refractivity contribution is 0.648. The van der Waals surface area contributed by atoms with Gasteiger partial charge in [-0.3, -0.25) is 0 Å². The minimum Gasteiger partial charge on any atom is -0.360 e. The first kappa shape index (κ1) is 12.8. The molecule has 0 spiro atoms. The number of hydrogen-bond acceptors (Lipinski definition) is 3. The predicted octanol–water partition coefficient (Wildman–Crippen LogP) is 2.90. The fraction of sp³-hybridized carbons (Fsp3) is 0.250. The lowest BCUT2D eigenvalue weighted by Crippen LogP contribution is -2.16. The van der Waals surface area contributed by atoms with Gasteiger partial charge in [-0.05, 0) is 25.5 Å². The van der Waals surface area contributed by atoms with Crippen LogP contribution in [0.3, 0.4) is 0 Å². The zero-order valence-corrected chi connectivity index (χ0v) is 11.5. The van der Waals surface area contributed by atoms with E-state index >= 15 is 0 Å². The molecule has 0 aliphatic rings. The highest BCUT2D eigenvalue weighted by atomic mass is 14.9. The maximum atomic E-state index is 5.79. The van der Waals surface area contributed by atoms with Gasteiger partial charge in [0.05, 0.1) is 5.69 Å². The van der Waals surface area contributed by atoms with Crippen LogP contribution in [0.1, 0.15) is 19.2 Å². The molecule has 3 aromatic rings. The van der Waals surface area contributed by atoms with Gasteiger partial charge < -0.3 is 10.7 Å². The third kappa shape index (κ3) is 2.56. The molecule has 4 nitrogen and oxygen atoms in total. The van der Waals surface area contributed by atoms with E-state index in [0.29, 0.717) is 0 Å². The van der Waals surface area contributed by atoms with Crippen LogP contribution in [-0.4, -0.2) is 21.0 Å². The Morgan fingerprint density at radius 2 is 2.10 bits per heavy atom. The fourth-order valence-corrected chi connectivity index (χ4v) is 2.31. The van der Waals surface area contributed by atoms with Crippen molar-refractivity contribution in [2.45, 2.75) is 25.8 Å². The number of nitrogens with two attached hydrogens (primary N) is 1. The highest BCUT2D eigenvalue weighted by molar-refractivity contribution is 5.94. The normalized spacial score (nSPS) is 12.7. The first-order chi connectivity index (χ1) is 9.74. The summed E-state index contributed by atoms with van der Waals surface area (Å²) in [5.74, 6) is 0.852. The van der Waals surface area contributed by atoms with Gasteiger partial charge in [0.2, 0.25) is 0 Å². The Morgan fingerprint density at radius 3 is 2.95 bits per heavy atom. The van der Waals surface area contributed by atoms with E-state index in [-0.39, 0.29) is 6.04 Å². The summed E-state index contributed by atoms with van der Waals surface area (Å²) in [5.41, 5.74) is 8.98. The van der Waals surface area contributed by atoms with Gasteiger partial charge in [-0.15, -0.1) is 0 Å². The second-order valence-corrected chi connectivity index (χ2v) is 5.12. The molecule has 0 fully saturated rings. The highest BCUT2D eigenvalue weighted by Gasteiger charge is 2.08. The summed E-state index contributed by atoms with van der Waals surface area (Å²) in [5, 5.41) is 1.18. The molecule has 0 amide bonds. The summed E-state index contributed by atoms with van der Waals surface area (Å²) in [4.78, 5) is 12.3. The number of hydrogen-bond donors (Lipinski definition) is 2. The van der Waals surface area contributed by atoms with Crippen molar-refractivity contribution in [3.05, 3.63) is 48.5 Å². The molecule has 1 atom stereocenters. The first-order valence-electron chi connectivity index (χ1n) is 6.88. The Labute approximate surface area is 118 Å². The predicted molar refractivity (Wildman–Crippen MR) is 81.3 cm³/mol. The molecule has 0 radical (unpaired) electrons. The molecule has 20 heavy (non-hydrogen) atoms. The van der Waals surface area contributed by atoms with Gasteiger partial charge in [0.25, 0.3) is 0 Å². The van der Waals surface area contributed by atoms with E-state index in [1.54, 1.807) is 0 Å². The van der Waals surface area contributed by atoms with Crippen molar-refractivity contribution in [2.75, 3.05) is 0 Å². The number of fused-ring (bicyclic) bond motifs is 1. The van der Waals surface area contributed by atoms with Crippen molar-refractivity contribution in [3.63, 3.8) is 0 Å². The topological polar surface area (TPSA) is 67.6 Å². The lowest BCUT2D eigenvalue weighted by Gasteiger charge is -2.05. The summed E-state index contributed by atoms with van der Waals surface area (Å²) < 4.78 is 0. The second-order valence-electron chi connectivity index (χ2n) is 5.12. The number of rotatable bonds is 4. The zero-order valence-electron chi connectivity index (χ0n) is 11.5. The quantitative estimate of drug-likeness (QED) is 0.763. The minimum atomic E-state index is 0.176. The van der Waals surface area contributed by atoms with Gasteiger partial charge in [0, 0.05) is 41.3 Å². The van der Waals surface area contributed by atoms with Crippen molar-refractivity contribution in [1.82, 2.24) is 15.0 Å². The molecule has 0 aliphatic heterocycles. The molecule has 0 saturated carbocycles. The number of benzene rings is 1. The smallest absolute Gasteiger partial charge is 0.129 e. The zero-order chi connectivity index (χ0) is 13.9. The average Bonchev–Trinajstić information content (AvgIpc) is 2.89. The summed E-state index contributed by atoms with van der Waals surface area (Å²) in [6.07, 6.45) is 5.54. The number of H-pyrrole nitrogens is 1. The van der Waals surface area contributed by atoms with E-state index < -0.39 is 0 Å². The van der Waals surface area contributed by atoms with Crippen molar-refractivity contribution >= 4 is 10.9 Å². The monoisotopic (exact) mass is 266 g/mol. The molecule has 0 bridgehead atoms. The molecule has 0 aliphatic carbocycles. The Hall–Kier alpha value is -2.20. The molecule has 1 aromatic carbocycles. The molecule has 2 aromatic heterocycles. The summed E-state index contributed by atoms with van der Waals surface area (Å²) >= 11 is 0. The molecule has 102 valence electrons. The maximum absolute atomic E-state index is 5.79. The van der Waals surface area contributed by atoms with E-state index in [0.717, 1.165) is 35.4 Å². The Morgan fingerprint density at radius 1 is 1.25 bits per heavy atom. The Balaban J connectivity index is 1.95. The molecule has 3 rings (SSSR count). The SMILES string of the molecule is CC(N)CCc1nccc(-c2c[nH]c3ccccc23)n1. The van der Waals surface area contributed by atoms with Crippen LogP contribution < -0.4 is 5.73 Å². The largest absolute Gasteiger partial charge is 0.360 e. The third-order valence-electron chi connectivity index (χ3n) is 3.39. The van der Waals surface area contributed by atoms with Crippen LogP contribution in [0.2, 0.25) is 0 Å². The number of para-hydroxylation sites is 1. The number of aromatic nitrogens is 3. The lowest BCUT2D eigenvalue weighted by atomic mass is 10.1. The van der Waals surface area contributed by atoms with E-state index in [1.807, 2.05) is 37.5 Å². The average molecular weight is 266 g/mol. The van der Waals surface area contributed by atoms with Crippen molar-refractivity contribution in [1.29, 1.82) is 0 Å². The van der Waals surface area contributed by atoms with Gasteiger partial charge in [-0.1, -0.05) is 18.2 Å². The minimum absolute atomic E-state index is 0.176. The van der Waals surface area contributed by atoms with Crippen LogP contribution >= 0.6 is 0 Å². The van der Waals surface area contributed by atoms with Crippen molar-refractivity contribution in [2.24, 2.45) is 5.73 Å². The van der Waals surface area contributed by atoms with E-state index in [1.165, 1.54) is 5.39 Å². The van der Waals surface area contributed by atoms with Crippen LogP contribution in [0.4, 0.5) is 0 Å². The molecule has 4 heteroatoms. The third-order valence-corrected chi connectivity index (χ3v) is 3.39. The Kier molecular flexibility index (Phi) is 3.48. The van der Waals surface area contributed by atoms with Gasteiger partial charge in [0.15, 0.2) is 0 Å². The van der Waals surface area contributed by atoms with Crippen LogP contribution in [0.5, 0.6) is 0 Å². The first-order valence-corrected chi connectivity index (χ1v) is 6.88. The van der Waals surface area contributed by atoms with E-state index in [2.05, 4.69) is 27.1 Å². The summed E-state index contributed by atoms with van der Waals surface area (Å²) in [7, 11) is 0. The molecule has 3 N–H and O–H groups in total. The summed E-state index contributed by atoms with van der Waals surface area (Å²) in [6.45, 7) is 2.00.